The monoisotopic (exact) mass is 317 g/mol. The Bertz CT molecular complexity index is 596. The Morgan fingerprint density at radius 3 is 2.67 bits per heavy atom. The molecule has 1 atom stereocenters. The Morgan fingerprint density at radius 2 is 2.10 bits per heavy atom. The van der Waals surface area contributed by atoms with Gasteiger partial charge >= 0.3 is 5.97 Å². The third-order valence-corrected chi connectivity index (χ3v) is 4.28. The zero-order valence-corrected chi connectivity index (χ0v) is 12.7. The summed E-state index contributed by atoms with van der Waals surface area (Å²) in [5.41, 5.74) is -1.38. The highest BCUT2D eigenvalue weighted by atomic mass is 32.2. The average molecular weight is 317 g/mol. The lowest BCUT2D eigenvalue weighted by atomic mass is 10.0. The van der Waals surface area contributed by atoms with Crippen molar-refractivity contribution in [3.05, 3.63) is 29.8 Å². The molecule has 0 aliphatic rings. The van der Waals surface area contributed by atoms with Gasteiger partial charge in [0.2, 0.25) is 10.0 Å². The van der Waals surface area contributed by atoms with Crippen molar-refractivity contribution in [3.63, 3.8) is 0 Å². The van der Waals surface area contributed by atoms with Gasteiger partial charge in [0.1, 0.15) is 0 Å². The van der Waals surface area contributed by atoms with E-state index in [0.717, 1.165) is 6.07 Å². The first-order valence-corrected chi connectivity index (χ1v) is 7.71. The first-order chi connectivity index (χ1) is 9.68. The van der Waals surface area contributed by atoms with Gasteiger partial charge in [0, 0.05) is 26.7 Å². The number of methoxy groups -OCH3 is 1. The van der Waals surface area contributed by atoms with Gasteiger partial charge in [-0.25, -0.2) is 17.9 Å². The minimum Gasteiger partial charge on any atom is -0.478 e. The van der Waals surface area contributed by atoms with Gasteiger partial charge in [-0.15, -0.1) is 0 Å². The highest BCUT2D eigenvalue weighted by Gasteiger charge is 2.24. The Morgan fingerprint density at radius 1 is 1.43 bits per heavy atom. The van der Waals surface area contributed by atoms with Crippen LogP contribution in [0.1, 0.15) is 23.7 Å². The van der Waals surface area contributed by atoms with Crippen LogP contribution in [0.3, 0.4) is 0 Å². The molecule has 0 amide bonds. The molecule has 0 aromatic heterocycles. The summed E-state index contributed by atoms with van der Waals surface area (Å²) in [5, 5.41) is 18.9. The molecule has 0 radical (unpaired) electrons. The van der Waals surface area contributed by atoms with E-state index in [2.05, 4.69) is 4.72 Å². The summed E-state index contributed by atoms with van der Waals surface area (Å²) in [6, 6.07) is 5.00. The van der Waals surface area contributed by atoms with Crippen LogP contribution in [0.2, 0.25) is 0 Å². The number of hydrogen-bond acceptors (Lipinski definition) is 5. The second kappa shape index (κ2) is 6.99. The maximum atomic E-state index is 12.1. The zero-order chi connectivity index (χ0) is 16.1. The SMILES string of the molecule is COCCC(C)(O)CNS(=O)(=O)c1cccc(C(=O)O)c1. The first kappa shape index (κ1) is 17.6. The lowest BCUT2D eigenvalue weighted by molar-refractivity contribution is 0.0292. The van der Waals surface area contributed by atoms with Crippen LogP contribution in [0.15, 0.2) is 29.2 Å². The lowest BCUT2D eigenvalue weighted by Crippen LogP contribution is -2.41. The molecular weight excluding hydrogens is 298 g/mol. The maximum absolute atomic E-state index is 12.1. The molecule has 0 saturated carbocycles. The third kappa shape index (κ3) is 5.43. The molecule has 1 rings (SSSR count). The van der Waals surface area contributed by atoms with E-state index in [0.29, 0.717) is 6.61 Å². The van der Waals surface area contributed by atoms with Crippen LogP contribution >= 0.6 is 0 Å². The van der Waals surface area contributed by atoms with Crippen LogP contribution in [0, 0.1) is 0 Å². The van der Waals surface area contributed by atoms with Crippen LogP contribution in [-0.2, 0) is 14.8 Å². The summed E-state index contributed by atoms with van der Waals surface area (Å²) in [6.07, 6.45) is 0.265. The van der Waals surface area contributed by atoms with Gasteiger partial charge in [0.25, 0.3) is 0 Å². The van der Waals surface area contributed by atoms with Gasteiger partial charge in [-0.1, -0.05) is 6.07 Å². The highest BCUT2D eigenvalue weighted by Crippen LogP contribution is 2.14. The summed E-state index contributed by atoms with van der Waals surface area (Å²) >= 11 is 0. The number of carboxylic acids is 1. The van der Waals surface area contributed by atoms with Crippen LogP contribution in [0.5, 0.6) is 0 Å². The quantitative estimate of drug-likeness (QED) is 0.641. The number of ether oxygens (including phenoxy) is 1. The van der Waals surface area contributed by atoms with Crippen molar-refractivity contribution in [3.8, 4) is 0 Å². The number of benzene rings is 1. The van der Waals surface area contributed by atoms with Gasteiger partial charge in [0.15, 0.2) is 0 Å². The third-order valence-electron chi connectivity index (χ3n) is 2.88. The van der Waals surface area contributed by atoms with E-state index in [9.17, 15) is 18.3 Å². The predicted molar refractivity (Wildman–Crippen MR) is 75.7 cm³/mol. The molecule has 3 N–H and O–H groups in total. The molecule has 0 saturated heterocycles. The summed E-state index contributed by atoms with van der Waals surface area (Å²) in [4.78, 5) is 10.7. The van der Waals surface area contributed by atoms with E-state index in [4.69, 9.17) is 9.84 Å². The van der Waals surface area contributed by atoms with E-state index in [1.165, 1.54) is 32.2 Å². The topological polar surface area (TPSA) is 113 Å². The fraction of sp³-hybridized carbons (Fsp3) is 0.462. The van der Waals surface area contributed by atoms with Crippen molar-refractivity contribution in [1.82, 2.24) is 4.72 Å². The Kier molecular flexibility index (Phi) is 5.85. The van der Waals surface area contributed by atoms with Crippen LogP contribution in [-0.4, -0.2) is 50.5 Å². The minimum atomic E-state index is -3.89. The summed E-state index contributed by atoms with van der Waals surface area (Å²) < 4.78 is 31.3. The van der Waals surface area contributed by atoms with Crippen LogP contribution in [0.25, 0.3) is 0 Å². The molecule has 1 aromatic carbocycles. The average Bonchev–Trinajstić information content (AvgIpc) is 2.43. The van der Waals surface area contributed by atoms with Crippen molar-refractivity contribution < 1.29 is 28.2 Å². The second-order valence-corrected chi connectivity index (χ2v) is 6.66. The Labute approximate surface area is 123 Å². The van der Waals surface area contributed by atoms with Gasteiger partial charge in [-0.2, -0.15) is 0 Å². The molecule has 0 aliphatic carbocycles. The number of hydrogen-bond donors (Lipinski definition) is 3. The molecule has 7 nitrogen and oxygen atoms in total. The predicted octanol–water partition coefficient (Wildman–Crippen LogP) is 0.451. The minimum absolute atomic E-state index is 0.121. The van der Waals surface area contributed by atoms with E-state index in [-0.39, 0.29) is 23.4 Å². The number of aromatic carboxylic acids is 1. The number of sulfonamides is 1. The number of carbonyl (C=O) groups is 1. The molecule has 0 fully saturated rings. The smallest absolute Gasteiger partial charge is 0.335 e. The number of nitrogens with one attached hydrogen (secondary N) is 1. The molecular formula is C13H19NO6S. The standard InChI is InChI=1S/C13H19NO6S/c1-13(17,6-7-20-2)9-14-21(18,19)11-5-3-4-10(8-11)12(15)16/h3-5,8,14,17H,6-7,9H2,1-2H3,(H,15,16). The van der Waals surface area contributed by atoms with Crippen LogP contribution in [0.4, 0.5) is 0 Å². The van der Waals surface area contributed by atoms with Crippen LogP contribution < -0.4 is 4.72 Å². The van der Waals surface area contributed by atoms with E-state index < -0.39 is 21.6 Å². The summed E-state index contributed by atoms with van der Waals surface area (Å²) in [6.45, 7) is 1.58. The summed E-state index contributed by atoms with van der Waals surface area (Å²) in [5.74, 6) is -1.21. The fourth-order valence-electron chi connectivity index (χ4n) is 1.54. The zero-order valence-electron chi connectivity index (χ0n) is 11.9. The van der Waals surface area contributed by atoms with E-state index >= 15 is 0 Å². The number of aliphatic hydroxyl groups is 1. The molecule has 21 heavy (non-hydrogen) atoms. The largest absolute Gasteiger partial charge is 0.478 e. The summed E-state index contributed by atoms with van der Waals surface area (Å²) in [7, 11) is -2.40. The fourth-order valence-corrected chi connectivity index (χ4v) is 2.75. The van der Waals surface area contributed by atoms with E-state index in [1.54, 1.807) is 0 Å². The van der Waals surface area contributed by atoms with Gasteiger partial charge in [0.05, 0.1) is 16.1 Å². The van der Waals surface area contributed by atoms with Crippen molar-refractivity contribution in [1.29, 1.82) is 0 Å². The number of rotatable bonds is 8. The second-order valence-electron chi connectivity index (χ2n) is 4.90. The molecule has 118 valence electrons. The van der Waals surface area contributed by atoms with Gasteiger partial charge in [-0.05, 0) is 25.1 Å². The molecule has 0 bridgehead atoms. The molecule has 0 spiro atoms. The molecule has 0 heterocycles. The molecule has 1 unspecified atom stereocenters. The normalized spacial score (nSPS) is 14.6. The first-order valence-electron chi connectivity index (χ1n) is 6.22. The highest BCUT2D eigenvalue weighted by molar-refractivity contribution is 7.89. The Hall–Kier alpha value is -1.48. The van der Waals surface area contributed by atoms with Crippen molar-refractivity contribution in [2.45, 2.75) is 23.8 Å². The van der Waals surface area contributed by atoms with Crippen molar-refractivity contribution >= 4 is 16.0 Å². The molecule has 1 aromatic rings. The van der Waals surface area contributed by atoms with Crippen molar-refractivity contribution in [2.24, 2.45) is 0 Å². The van der Waals surface area contributed by atoms with E-state index in [1.807, 2.05) is 0 Å². The molecule has 0 aliphatic heterocycles. The lowest BCUT2D eigenvalue weighted by Gasteiger charge is -2.23. The molecule has 8 heteroatoms. The van der Waals surface area contributed by atoms with Gasteiger partial charge < -0.3 is 14.9 Å². The maximum Gasteiger partial charge on any atom is 0.335 e. The Balaban J connectivity index is 2.82. The van der Waals surface area contributed by atoms with Crippen molar-refractivity contribution in [2.75, 3.05) is 20.3 Å². The number of carboxylic acid groups (broad SMARTS) is 1. The van der Waals surface area contributed by atoms with Gasteiger partial charge in [-0.3, -0.25) is 0 Å².